The van der Waals surface area contributed by atoms with Gasteiger partial charge in [0.1, 0.15) is 11.5 Å². The van der Waals surface area contributed by atoms with Gasteiger partial charge in [0.25, 0.3) is 10.0 Å². The van der Waals surface area contributed by atoms with Gasteiger partial charge in [-0.3, -0.25) is 4.72 Å². The summed E-state index contributed by atoms with van der Waals surface area (Å²) in [5.74, 6) is -0.00862. The summed E-state index contributed by atoms with van der Waals surface area (Å²) in [4.78, 5) is 0.0129. The maximum Gasteiger partial charge on any atom is 0.262 e. The highest BCUT2D eigenvalue weighted by Gasteiger charge is 2.30. The highest BCUT2D eigenvalue weighted by molar-refractivity contribution is 8.02. The fourth-order valence-electron chi connectivity index (χ4n) is 2.85. The molecule has 1 heterocycles. The third-order valence-electron chi connectivity index (χ3n) is 4.02. The van der Waals surface area contributed by atoms with Crippen LogP contribution in [0.2, 0.25) is 0 Å². The molecule has 3 N–H and O–H groups in total. The number of anilines is 1. The van der Waals surface area contributed by atoms with Crippen molar-refractivity contribution in [2.45, 2.75) is 0 Å². The molecule has 1 aliphatic heterocycles. The van der Waals surface area contributed by atoms with Crippen molar-refractivity contribution >= 4 is 37.5 Å². The van der Waals surface area contributed by atoms with E-state index in [4.69, 9.17) is 0 Å². The van der Waals surface area contributed by atoms with Gasteiger partial charge in [-0.05, 0) is 29.7 Å². The molecule has 6 heteroatoms. The lowest BCUT2D eigenvalue weighted by atomic mass is 10.0. The van der Waals surface area contributed by atoms with E-state index in [1.54, 1.807) is 18.2 Å². The van der Waals surface area contributed by atoms with Crippen molar-refractivity contribution in [3.63, 3.8) is 0 Å². The number of sulfonamides is 1. The number of rotatable bonds is 1. The van der Waals surface area contributed by atoms with E-state index in [1.807, 2.05) is 18.2 Å². The van der Waals surface area contributed by atoms with Gasteiger partial charge in [0.15, 0.2) is 0 Å². The van der Waals surface area contributed by atoms with Gasteiger partial charge < -0.3 is 10.2 Å². The Morgan fingerprint density at radius 3 is 2.58 bits per heavy atom. The van der Waals surface area contributed by atoms with Gasteiger partial charge in [-0.25, -0.2) is 8.42 Å². The molecular formula is C18H13NO4S. The lowest BCUT2D eigenvalue weighted by Gasteiger charge is -2.06. The maximum atomic E-state index is 12.4. The van der Waals surface area contributed by atoms with Crippen LogP contribution >= 0.6 is 0 Å². The number of hydrogen-bond acceptors (Lipinski definition) is 4. The Labute approximate surface area is 138 Å². The van der Waals surface area contributed by atoms with E-state index in [-0.39, 0.29) is 16.4 Å². The summed E-state index contributed by atoms with van der Waals surface area (Å²) in [7, 11) is -3.74. The van der Waals surface area contributed by atoms with E-state index in [2.05, 4.69) is 4.72 Å². The highest BCUT2D eigenvalue weighted by Crippen LogP contribution is 2.41. The number of aromatic hydroxyl groups is 2. The van der Waals surface area contributed by atoms with Crippen LogP contribution < -0.4 is 4.72 Å². The van der Waals surface area contributed by atoms with Crippen LogP contribution in [0.5, 0.6) is 11.5 Å². The quantitative estimate of drug-likeness (QED) is 0.592. The summed E-state index contributed by atoms with van der Waals surface area (Å²) in [5, 5.41) is 21.6. The zero-order valence-corrected chi connectivity index (χ0v) is 13.2. The fourth-order valence-corrected chi connectivity index (χ4v) is 4.17. The molecule has 3 aromatic carbocycles. The molecule has 4 rings (SSSR count). The first-order valence-corrected chi connectivity index (χ1v) is 8.73. The minimum atomic E-state index is -3.74. The third-order valence-corrected chi connectivity index (χ3v) is 5.43. The number of nitrogens with one attached hydrogen (secondary N) is 1. The number of phenols is 2. The molecule has 1 aliphatic rings. The van der Waals surface area contributed by atoms with Crippen LogP contribution in [0.4, 0.5) is 5.69 Å². The largest absolute Gasteiger partial charge is 0.508 e. The average molecular weight is 339 g/mol. The highest BCUT2D eigenvalue weighted by atomic mass is 32.2. The van der Waals surface area contributed by atoms with Gasteiger partial charge in [0.2, 0.25) is 0 Å². The van der Waals surface area contributed by atoms with Gasteiger partial charge in [0.05, 0.1) is 10.6 Å². The van der Waals surface area contributed by atoms with Crippen molar-refractivity contribution in [3.05, 3.63) is 65.7 Å². The first kappa shape index (κ1) is 14.6. The van der Waals surface area contributed by atoms with E-state index >= 15 is 0 Å². The van der Waals surface area contributed by atoms with Crippen LogP contribution in [0.3, 0.4) is 0 Å². The van der Waals surface area contributed by atoms with Crippen LogP contribution in [0.25, 0.3) is 21.8 Å². The Bertz CT molecular complexity index is 1120. The van der Waals surface area contributed by atoms with Gasteiger partial charge in [-0.1, -0.05) is 36.4 Å². The van der Waals surface area contributed by atoms with Gasteiger partial charge in [-0.2, -0.15) is 0 Å². The lowest BCUT2D eigenvalue weighted by Crippen LogP contribution is -2.05. The average Bonchev–Trinajstić information content (AvgIpc) is 2.80. The Morgan fingerprint density at radius 1 is 0.958 bits per heavy atom. The second-order valence-corrected chi connectivity index (χ2v) is 7.22. The third kappa shape index (κ3) is 2.19. The molecule has 3 aromatic rings. The molecule has 24 heavy (non-hydrogen) atoms. The number of phenolic OH excluding ortho intramolecular Hbond substituents is 2. The van der Waals surface area contributed by atoms with E-state index in [0.29, 0.717) is 22.2 Å². The van der Waals surface area contributed by atoms with Gasteiger partial charge in [0, 0.05) is 16.5 Å². The molecule has 0 atom stereocenters. The number of hydrogen-bond donors (Lipinski definition) is 3. The van der Waals surface area contributed by atoms with E-state index in [0.717, 1.165) is 5.39 Å². The van der Waals surface area contributed by atoms with Gasteiger partial charge >= 0.3 is 0 Å². The Balaban J connectivity index is 1.96. The van der Waals surface area contributed by atoms with Gasteiger partial charge in [-0.15, -0.1) is 0 Å². The van der Waals surface area contributed by atoms with Crippen molar-refractivity contribution in [3.8, 4) is 11.5 Å². The molecule has 0 spiro atoms. The predicted octanol–water partition coefficient (Wildman–Crippen LogP) is 3.50. The molecule has 5 nitrogen and oxygen atoms in total. The van der Waals surface area contributed by atoms with Crippen LogP contribution in [-0.4, -0.2) is 18.6 Å². The molecular weight excluding hydrogens is 326 g/mol. The minimum Gasteiger partial charge on any atom is -0.508 e. The van der Waals surface area contributed by atoms with E-state index < -0.39 is 10.0 Å². The molecule has 0 unspecified atom stereocenters. The van der Waals surface area contributed by atoms with Crippen LogP contribution in [0.1, 0.15) is 11.1 Å². The monoisotopic (exact) mass is 339 g/mol. The molecule has 0 bridgehead atoms. The minimum absolute atomic E-state index is 0.0129. The first-order valence-electron chi connectivity index (χ1n) is 7.24. The molecule has 120 valence electrons. The summed E-state index contributed by atoms with van der Waals surface area (Å²) in [6, 6.07) is 15.1. The SMILES string of the molecule is O=S1(=O)Nc2ccc(O)cc2C1=Cc1ccc2ccccc2c1O. The zero-order valence-electron chi connectivity index (χ0n) is 12.4. The lowest BCUT2D eigenvalue weighted by molar-refractivity contribution is 0.475. The normalized spacial score (nSPS) is 16.9. The molecule has 0 aliphatic carbocycles. The van der Waals surface area contributed by atoms with Crippen molar-refractivity contribution in [1.29, 1.82) is 0 Å². The topological polar surface area (TPSA) is 86.6 Å². The van der Waals surface area contributed by atoms with Crippen LogP contribution in [-0.2, 0) is 10.0 Å². The Kier molecular flexibility index (Phi) is 3.04. The standard InChI is InChI=1S/C18H13NO4S/c20-13-7-8-16-15(10-13)17(24(22,23)19-16)9-12-6-5-11-3-1-2-4-14(11)18(12)21/h1-10,19-21H. The predicted molar refractivity (Wildman–Crippen MR) is 94.1 cm³/mol. The molecule has 0 saturated heterocycles. The molecule has 0 saturated carbocycles. The summed E-state index contributed by atoms with van der Waals surface area (Å²) in [6.07, 6.45) is 1.41. The number of fused-ring (bicyclic) bond motifs is 2. The second-order valence-electron chi connectivity index (χ2n) is 5.57. The van der Waals surface area contributed by atoms with Crippen molar-refractivity contribution in [2.24, 2.45) is 0 Å². The molecule has 0 radical (unpaired) electrons. The van der Waals surface area contributed by atoms with E-state index in [1.165, 1.54) is 24.3 Å². The Hall–Kier alpha value is -2.99. The zero-order chi connectivity index (χ0) is 16.9. The van der Waals surface area contributed by atoms with Crippen molar-refractivity contribution in [2.75, 3.05) is 4.72 Å². The van der Waals surface area contributed by atoms with Crippen molar-refractivity contribution < 1.29 is 18.6 Å². The first-order chi connectivity index (χ1) is 11.5. The molecule has 0 fully saturated rings. The summed E-state index contributed by atoms with van der Waals surface area (Å²) < 4.78 is 27.2. The number of benzene rings is 3. The fraction of sp³-hybridized carbons (Fsp3) is 0. The molecule has 0 amide bonds. The maximum absolute atomic E-state index is 12.4. The van der Waals surface area contributed by atoms with Crippen molar-refractivity contribution in [1.82, 2.24) is 0 Å². The smallest absolute Gasteiger partial charge is 0.262 e. The van der Waals surface area contributed by atoms with Crippen LogP contribution in [0, 0.1) is 0 Å². The Morgan fingerprint density at radius 2 is 1.75 bits per heavy atom. The van der Waals surface area contributed by atoms with Crippen LogP contribution in [0.15, 0.2) is 54.6 Å². The molecule has 0 aromatic heterocycles. The summed E-state index contributed by atoms with van der Waals surface area (Å²) in [5.41, 5.74) is 1.17. The second kappa shape index (κ2) is 5.01. The summed E-state index contributed by atoms with van der Waals surface area (Å²) in [6.45, 7) is 0. The summed E-state index contributed by atoms with van der Waals surface area (Å²) >= 11 is 0. The van der Waals surface area contributed by atoms with E-state index in [9.17, 15) is 18.6 Å².